The van der Waals surface area contributed by atoms with Crippen molar-refractivity contribution in [1.29, 1.82) is 0 Å². The highest BCUT2D eigenvalue weighted by molar-refractivity contribution is 6.31. The third kappa shape index (κ3) is 4.35. The molecule has 2 nitrogen and oxygen atoms in total. The van der Waals surface area contributed by atoms with Gasteiger partial charge in [-0.2, -0.15) is 13.2 Å². The van der Waals surface area contributed by atoms with E-state index in [0.717, 1.165) is 6.07 Å². The molecule has 1 rings (SSSR count). The molecular formula is C10H13Cl2F3N2. The van der Waals surface area contributed by atoms with E-state index in [-0.39, 0.29) is 17.4 Å². The van der Waals surface area contributed by atoms with E-state index in [9.17, 15) is 13.2 Å². The fourth-order valence-corrected chi connectivity index (χ4v) is 1.56. The maximum absolute atomic E-state index is 12.5. The molecular weight excluding hydrogens is 276 g/mol. The van der Waals surface area contributed by atoms with Crippen molar-refractivity contribution in [2.45, 2.75) is 18.6 Å². The summed E-state index contributed by atoms with van der Waals surface area (Å²) in [7, 11) is 0. The highest BCUT2D eigenvalue weighted by Crippen LogP contribution is 2.36. The highest BCUT2D eigenvalue weighted by Gasteiger charge is 2.33. The summed E-state index contributed by atoms with van der Waals surface area (Å²) < 4.78 is 37.6. The Labute approximate surface area is 109 Å². The van der Waals surface area contributed by atoms with Crippen LogP contribution in [-0.4, -0.2) is 6.54 Å². The summed E-state index contributed by atoms with van der Waals surface area (Å²) in [5, 5.41) is -0.323. The number of hydrogen-bond donors (Lipinski definition) is 2. The Morgan fingerprint density at radius 1 is 1.29 bits per heavy atom. The number of rotatable bonds is 3. The van der Waals surface area contributed by atoms with E-state index in [2.05, 4.69) is 0 Å². The van der Waals surface area contributed by atoms with Crippen molar-refractivity contribution >= 4 is 24.0 Å². The third-order valence-electron chi connectivity index (χ3n) is 2.20. The van der Waals surface area contributed by atoms with Gasteiger partial charge in [0.05, 0.1) is 10.6 Å². The number of nitrogens with two attached hydrogens (primary N) is 2. The Kier molecular flexibility index (Phi) is 6.26. The Hall–Kier alpha value is -0.490. The molecule has 0 aliphatic heterocycles. The lowest BCUT2D eigenvalue weighted by atomic mass is 10.0. The monoisotopic (exact) mass is 288 g/mol. The van der Waals surface area contributed by atoms with E-state index in [0.29, 0.717) is 18.5 Å². The topological polar surface area (TPSA) is 52.0 Å². The molecule has 0 aromatic heterocycles. The largest absolute Gasteiger partial charge is 0.417 e. The summed E-state index contributed by atoms with van der Waals surface area (Å²) in [5.74, 6) is 0. The molecule has 0 amide bonds. The first-order chi connectivity index (χ1) is 7.36. The van der Waals surface area contributed by atoms with Crippen molar-refractivity contribution in [3.8, 4) is 0 Å². The van der Waals surface area contributed by atoms with E-state index in [1.807, 2.05) is 0 Å². The smallest absolute Gasteiger partial charge is 0.330 e. The summed E-state index contributed by atoms with van der Waals surface area (Å²) in [4.78, 5) is 0. The fraction of sp³-hybridized carbons (Fsp3) is 0.400. The van der Waals surface area contributed by atoms with E-state index in [4.69, 9.17) is 23.1 Å². The average Bonchev–Trinajstić information content (AvgIpc) is 2.16. The van der Waals surface area contributed by atoms with Gasteiger partial charge in [0.2, 0.25) is 0 Å². The zero-order valence-corrected chi connectivity index (χ0v) is 10.4. The van der Waals surface area contributed by atoms with Crippen molar-refractivity contribution in [2.24, 2.45) is 11.5 Å². The fourth-order valence-electron chi connectivity index (χ4n) is 1.34. The van der Waals surface area contributed by atoms with Gasteiger partial charge in [0.25, 0.3) is 0 Å². The minimum absolute atomic E-state index is 0. The van der Waals surface area contributed by atoms with E-state index in [1.165, 1.54) is 12.1 Å². The molecule has 0 bridgehead atoms. The van der Waals surface area contributed by atoms with Gasteiger partial charge >= 0.3 is 6.18 Å². The second-order valence-electron chi connectivity index (χ2n) is 3.42. The van der Waals surface area contributed by atoms with Gasteiger partial charge in [-0.25, -0.2) is 0 Å². The predicted octanol–water partition coefficient (Wildman–Crippen LogP) is 3.13. The molecule has 0 aliphatic rings. The van der Waals surface area contributed by atoms with E-state index in [1.54, 1.807) is 0 Å². The van der Waals surface area contributed by atoms with Crippen LogP contribution in [0.2, 0.25) is 5.02 Å². The molecule has 0 saturated carbocycles. The second-order valence-corrected chi connectivity index (χ2v) is 3.83. The minimum Gasteiger partial charge on any atom is -0.330 e. The van der Waals surface area contributed by atoms with Crippen LogP contribution in [0.3, 0.4) is 0 Å². The molecule has 98 valence electrons. The Balaban J connectivity index is 0.00000256. The average molecular weight is 289 g/mol. The van der Waals surface area contributed by atoms with Crippen LogP contribution >= 0.6 is 24.0 Å². The second kappa shape index (κ2) is 6.44. The van der Waals surface area contributed by atoms with Gasteiger partial charge in [-0.05, 0) is 30.7 Å². The molecule has 1 atom stereocenters. The van der Waals surface area contributed by atoms with Gasteiger partial charge in [-0.1, -0.05) is 17.7 Å². The quantitative estimate of drug-likeness (QED) is 0.898. The van der Waals surface area contributed by atoms with Crippen molar-refractivity contribution in [3.05, 3.63) is 34.3 Å². The Morgan fingerprint density at radius 3 is 2.35 bits per heavy atom. The molecule has 17 heavy (non-hydrogen) atoms. The summed E-state index contributed by atoms with van der Waals surface area (Å²) >= 11 is 5.48. The van der Waals surface area contributed by atoms with E-state index < -0.39 is 17.8 Å². The van der Waals surface area contributed by atoms with Crippen LogP contribution in [0, 0.1) is 0 Å². The lowest BCUT2D eigenvalue weighted by molar-refractivity contribution is -0.137. The van der Waals surface area contributed by atoms with Gasteiger partial charge in [-0.15, -0.1) is 12.4 Å². The lowest BCUT2D eigenvalue weighted by Crippen LogP contribution is -2.16. The number of hydrogen-bond acceptors (Lipinski definition) is 2. The molecule has 1 aromatic carbocycles. The van der Waals surface area contributed by atoms with Crippen LogP contribution in [0.15, 0.2) is 18.2 Å². The third-order valence-corrected chi connectivity index (χ3v) is 2.53. The summed E-state index contributed by atoms with van der Waals surface area (Å²) in [6, 6.07) is 3.17. The van der Waals surface area contributed by atoms with Gasteiger partial charge in [0.1, 0.15) is 0 Å². The SMILES string of the molecule is Cl.NCC[C@@H](N)c1ccc(Cl)c(C(F)(F)F)c1. The van der Waals surface area contributed by atoms with Crippen LogP contribution in [0.4, 0.5) is 13.2 Å². The molecule has 0 radical (unpaired) electrons. The highest BCUT2D eigenvalue weighted by atomic mass is 35.5. The van der Waals surface area contributed by atoms with Crippen molar-refractivity contribution in [1.82, 2.24) is 0 Å². The summed E-state index contributed by atoms with van der Waals surface area (Å²) in [6.45, 7) is 0.325. The standard InChI is InChI=1S/C10H12ClF3N2.ClH/c11-8-2-1-6(9(16)3-4-15)5-7(8)10(12,13)14;/h1-2,5,9H,3-4,15-16H2;1H/t9-;/m1./s1. The molecule has 1 aromatic rings. The van der Waals surface area contributed by atoms with Crippen LogP contribution in [-0.2, 0) is 6.18 Å². The molecule has 0 heterocycles. The first kappa shape index (κ1) is 16.5. The van der Waals surface area contributed by atoms with Crippen molar-refractivity contribution in [2.75, 3.05) is 6.54 Å². The molecule has 0 spiro atoms. The summed E-state index contributed by atoms with van der Waals surface area (Å²) in [6.07, 6.45) is -4.03. The number of benzene rings is 1. The van der Waals surface area contributed by atoms with Gasteiger partial charge in [0.15, 0.2) is 0 Å². The van der Waals surface area contributed by atoms with Gasteiger partial charge in [0, 0.05) is 6.04 Å². The summed E-state index contributed by atoms with van der Waals surface area (Å²) in [5.41, 5.74) is 10.5. The maximum Gasteiger partial charge on any atom is 0.417 e. The first-order valence-corrected chi connectivity index (χ1v) is 5.06. The number of alkyl halides is 3. The van der Waals surface area contributed by atoms with Gasteiger partial charge in [-0.3, -0.25) is 0 Å². The molecule has 0 fully saturated rings. The number of halogens is 5. The van der Waals surface area contributed by atoms with Crippen LogP contribution in [0.25, 0.3) is 0 Å². The zero-order chi connectivity index (χ0) is 12.3. The molecule has 7 heteroatoms. The van der Waals surface area contributed by atoms with E-state index >= 15 is 0 Å². The van der Waals surface area contributed by atoms with Crippen LogP contribution in [0.1, 0.15) is 23.6 Å². The molecule has 0 aliphatic carbocycles. The van der Waals surface area contributed by atoms with Crippen LogP contribution in [0.5, 0.6) is 0 Å². The van der Waals surface area contributed by atoms with Crippen molar-refractivity contribution in [3.63, 3.8) is 0 Å². The minimum atomic E-state index is -4.46. The molecule has 0 saturated heterocycles. The normalized spacial score (nSPS) is 13.1. The van der Waals surface area contributed by atoms with Crippen LogP contribution < -0.4 is 11.5 Å². The lowest BCUT2D eigenvalue weighted by Gasteiger charge is -2.14. The predicted molar refractivity (Wildman–Crippen MR) is 64.3 cm³/mol. The Morgan fingerprint density at radius 2 is 1.88 bits per heavy atom. The molecule has 4 N–H and O–H groups in total. The Bertz CT molecular complexity index is 369. The maximum atomic E-state index is 12.5. The van der Waals surface area contributed by atoms with Crippen molar-refractivity contribution < 1.29 is 13.2 Å². The van der Waals surface area contributed by atoms with Gasteiger partial charge < -0.3 is 11.5 Å². The zero-order valence-electron chi connectivity index (χ0n) is 8.80. The molecule has 0 unspecified atom stereocenters. The first-order valence-electron chi connectivity index (χ1n) is 4.68.